The second kappa shape index (κ2) is 4.88. The van der Waals surface area contributed by atoms with Crippen LogP contribution in [0.4, 0.5) is 0 Å². The molecule has 0 aromatic rings. The quantitative estimate of drug-likeness (QED) is 0.557. The lowest BCUT2D eigenvalue weighted by Crippen LogP contribution is -2.58. The molecule has 0 saturated carbocycles. The molecule has 15 heavy (non-hydrogen) atoms. The number of rotatable bonds is 3. The molecule has 1 aliphatic rings. The second-order valence-corrected chi connectivity index (χ2v) is 3.46. The first-order valence-electron chi connectivity index (χ1n) is 4.84. The minimum atomic E-state index is -0.563. The Morgan fingerprint density at radius 2 is 2.27 bits per heavy atom. The highest BCUT2D eigenvalue weighted by Crippen LogP contribution is 2.06. The van der Waals surface area contributed by atoms with Gasteiger partial charge in [-0.2, -0.15) is 0 Å². The van der Waals surface area contributed by atoms with Gasteiger partial charge in [-0.15, -0.1) is 0 Å². The van der Waals surface area contributed by atoms with Crippen LogP contribution in [0.15, 0.2) is 0 Å². The summed E-state index contributed by atoms with van der Waals surface area (Å²) in [5.41, 5.74) is 0. The van der Waals surface area contributed by atoms with Crippen molar-refractivity contribution >= 4 is 17.7 Å². The molecule has 2 N–H and O–H groups in total. The van der Waals surface area contributed by atoms with E-state index in [1.54, 1.807) is 14.0 Å². The molecule has 6 heteroatoms. The van der Waals surface area contributed by atoms with Gasteiger partial charge in [0.1, 0.15) is 12.6 Å². The molecule has 1 heterocycles. The Bertz CT molecular complexity index is 290. The zero-order valence-corrected chi connectivity index (χ0v) is 8.87. The van der Waals surface area contributed by atoms with Crippen LogP contribution in [-0.2, 0) is 14.4 Å². The van der Waals surface area contributed by atoms with Crippen LogP contribution in [0.1, 0.15) is 13.3 Å². The molecule has 0 aromatic carbocycles. The van der Waals surface area contributed by atoms with Crippen molar-refractivity contribution in [3.8, 4) is 0 Å². The molecule has 84 valence electrons. The first-order chi connectivity index (χ1) is 7.06. The summed E-state index contributed by atoms with van der Waals surface area (Å²) in [6.45, 7) is 2.12. The van der Waals surface area contributed by atoms with Crippen molar-refractivity contribution in [2.75, 3.05) is 20.1 Å². The van der Waals surface area contributed by atoms with Crippen LogP contribution in [0.2, 0.25) is 0 Å². The summed E-state index contributed by atoms with van der Waals surface area (Å²) in [5.74, 6) is -1.01. The lowest BCUT2D eigenvalue weighted by molar-refractivity contribution is -0.149. The summed E-state index contributed by atoms with van der Waals surface area (Å²) in [6.07, 6.45) is 0.293. The molecule has 0 bridgehead atoms. The van der Waals surface area contributed by atoms with E-state index in [4.69, 9.17) is 0 Å². The molecule has 1 atom stereocenters. The van der Waals surface area contributed by atoms with Crippen molar-refractivity contribution in [1.82, 2.24) is 15.5 Å². The van der Waals surface area contributed by atoms with E-state index in [0.717, 1.165) is 0 Å². The Morgan fingerprint density at radius 1 is 1.60 bits per heavy atom. The van der Waals surface area contributed by atoms with Gasteiger partial charge in [0.15, 0.2) is 0 Å². The lowest BCUT2D eigenvalue weighted by Gasteiger charge is -2.31. The van der Waals surface area contributed by atoms with Crippen molar-refractivity contribution < 1.29 is 14.4 Å². The first-order valence-corrected chi connectivity index (χ1v) is 4.84. The number of carbonyl (C=O) groups excluding carboxylic acids is 3. The molecule has 0 aliphatic carbocycles. The Morgan fingerprint density at radius 3 is 2.87 bits per heavy atom. The number of carbonyl (C=O) groups is 3. The van der Waals surface area contributed by atoms with E-state index in [0.29, 0.717) is 13.0 Å². The fraction of sp³-hybridized carbons (Fsp3) is 0.667. The first kappa shape index (κ1) is 11.6. The van der Waals surface area contributed by atoms with Crippen LogP contribution in [0, 0.1) is 0 Å². The maximum absolute atomic E-state index is 11.6. The zero-order valence-electron chi connectivity index (χ0n) is 8.87. The summed E-state index contributed by atoms with van der Waals surface area (Å²) in [5, 5.41) is 5.02. The number of amides is 3. The van der Waals surface area contributed by atoms with Crippen LogP contribution in [-0.4, -0.2) is 48.8 Å². The monoisotopic (exact) mass is 213 g/mol. The number of nitrogens with zero attached hydrogens (tertiary/aromatic N) is 1. The maximum Gasteiger partial charge on any atom is 0.249 e. The second-order valence-electron chi connectivity index (χ2n) is 3.46. The van der Waals surface area contributed by atoms with Crippen molar-refractivity contribution in [3.63, 3.8) is 0 Å². The molecule has 0 radical (unpaired) electrons. The molecule has 0 spiro atoms. The van der Waals surface area contributed by atoms with Gasteiger partial charge >= 0.3 is 0 Å². The number of hydrogen-bond acceptors (Lipinski definition) is 4. The van der Waals surface area contributed by atoms with Crippen molar-refractivity contribution in [2.24, 2.45) is 0 Å². The van der Waals surface area contributed by atoms with Gasteiger partial charge in [-0.25, -0.2) is 0 Å². The van der Waals surface area contributed by atoms with E-state index in [1.165, 1.54) is 4.90 Å². The summed E-state index contributed by atoms with van der Waals surface area (Å²) >= 11 is 0. The topological polar surface area (TPSA) is 78.5 Å². The van der Waals surface area contributed by atoms with E-state index in [-0.39, 0.29) is 12.5 Å². The van der Waals surface area contributed by atoms with Crippen LogP contribution in [0.25, 0.3) is 0 Å². The van der Waals surface area contributed by atoms with E-state index in [1.807, 2.05) is 0 Å². The molecule has 1 fully saturated rings. The van der Waals surface area contributed by atoms with Crippen LogP contribution in [0.3, 0.4) is 0 Å². The smallest absolute Gasteiger partial charge is 0.249 e. The van der Waals surface area contributed by atoms with Crippen LogP contribution in [0.5, 0.6) is 0 Å². The molecular formula is C9H15N3O3. The van der Waals surface area contributed by atoms with Gasteiger partial charge in [0.05, 0.1) is 0 Å². The average Bonchev–Trinajstić information content (AvgIpc) is 2.19. The zero-order chi connectivity index (χ0) is 11.4. The normalized spacial score (nSPS) is 21.5. The molecule has 1 rings (SSSR count). The summed E-state index contributed by atoms with van der Waals surface area (Å²) < 4.78 is 0. The molecule has 1 saturated heterocycles. The molecule has 1 aliphatic heterocycles. The van der Waals surface area contributed by atoms with Gasteiger partial charge in [0.25, 0.3) is 0 Å². The third-order valence-electron chi connectivity index (χ3n) is 2.33. The van der Waals surface area contributed by atoms with E-state index in [9.17, 15) is 14.4 Å². The predicted molar refractivity (Wildman–Crippen MR) is 52.9 cm³/mol. The minimum Gasteiger partial charge on any atom is -0.322 e. The summed E-state index contributed by atoms with van der Waals surface area (Å²) in [7, 11) is 1.74. The summed E-state index contributed by atoms with van der Waals surface area (Å²) in [4.78, 5) is 35.2. The Labute approximate surface area is 88.0 Å². The molecule has 1 unspecified atom stereocenters. The molecule has 0 aromatic heterocycles. The standard InChI is InChI=1S/C9H15N3O3/c1-6-9(15)11-7(13)5-12(6)8(14)3-4-10-2/h6,10H,3-5H2,1-2H3,(H,11,13,15). The maximum atomic E-state index is 11.6. The fourth-order valence-electron chi connectivity index (χ4n) is 1.39. The highest BCUT2D eigenvalue weighted by atomic mass is 16.2. The van der Waals surface area contributed by atoms with Gasteiger partial charge in [0, 0.05) is 13.0 Å². The average molecular weight is 213 g/mol. The van der Waals surface area contributed by atoms with Gasteiger partial charge in [-0.1, -0.05) is 0 Å². The van der Waals surface area contributed by atoms with Gasteiger partial charge in [-0.3, -0.25) is 19.7 Å². The van der Waals surface area contributed by atoms with Gasteiger partial charge in [0.2, 0.25) is 17.7 Å². The Balaban J connectivity index is 2.62. The van der Waals surface area contributed by atoms with E-state index < -0.39 is 17.9 Å². The van der Waals surface area contributed by atoms with Crippen LogP contribution < -0.4 is 10.6 Å². The van der Waals surface area contributed by atoms with Gasteiger partial charge < -0.3 is 10.2 Å². The third-order valence-corrected chi connectivity index (χ3v) is 2.33. The number of imide groups is 1. The fourth-order valence-corrected chi connectivity index (χ4v) is 1.39. The summed E-state index contributed by atoms with van der Waals surface area (Å²) in [6, 6.07) is -0.563. The van der Waals surface area contributed by atoms with E-state index >= 15 is 0 Å². The van der Waals surface area contributed by atoms with Crippen LogP contribution >= 0.6 is 0 Å². The third kappa shape index (κ3) is 2.76. The molecule has 3 amide bonds. The van der Waals surface area contributed by atoms with Crippen molar-refractivity contribution in [2.45, 2.75) is 19.4 Å². The number of nitrogens with one attached hydrogen (secondary N) is 2. The minimum absolute atomic E-state index is 0.0323. The highest BCUT2D eigenvalue weighted by molar-refractivity contribution is 6.04. The Kier molecular flexibility index (Phi) is 3.79. The number of piperazine rings is 1. The van der Waals surface area contributed by atoms with E-state index in [2.05, 4.69) is 10.6 Å². The van der Waals surface area contributed by atoms with Crippen molar-refractivity contribution in [3.05, 3.63) is 0 Å². The highest BCUT2D eigenvalue weighted by Gasteiger charge is 2.32. The molecule has 6 nitrogen and oxygen atoms in total. The molecular weight excluding hydrogens is 198 g/mol. The predicted octanol–water partition coefficient (Wildman–Crippen LogP) is -1.53. The largest absolute Gasteiger partial charge is 0.322 e. The Hall–Kier alpha value is -1.43. The lowest BCUT2D eigenvalue weighted by atomic mass is 10.2. The van der Waals surface area contributed by atoms with Crippen molar-refractivity contribution in [1.29, 1.82) is 0 Å². The number of hydrogen-bond donors (Lipinski definition) is 2. The van der Waals surface area contributed by atoms with Gasteiger partial charge in [-0.05, 0) is 14.0 Å². The SMILES string of the molecule is CNCCC(=O)N1CC(=O)NC(=O)C1C.